The van der Waals surface area contributed by atoms with Crippen LogP contribution in [0.5, 0.6) is 0 Å². The van der Waals surface area contributed by atoms with E-state index in [0.29, 0.717) is 5.92 Å². The van der Waals surface area contributed by atoms with Gasteiger partial charge in [-0.25, -0.2) is 9.97 Å². The zero-order valence-corrected chi connectivity index (χ0v) is 9.90. The number of hydrogen-bond acceptors (Lipinski definition) is 3. The third-order valence-electron chi connectivity index (χ3n) is 2.47. The molecule has 0 radical (unpaired) electrons. The van der Waals surface area contributed by atoms with Crippen molar-refractivity contribution >= 4 is 0 Å². The summed E-state index contributed by atoms with van der Waals surface area (Å²) in [6.07, 6.45) is 4.68. The van der Waals surface area contributed by atoms with E-state index in [2.05, 4.69) is 36.8 Å². The molecule has 1 aromatic heterocycles. The zero-order chi connectivity index (χ0) is 11.3. The van der Waals surface area contributed by atoms with E-state index < -0.39 is 0 Å². The van der Waals surface area contributed by atoms with Crippen molar-refractivity contribution in [3.63, 3.8) is 0 Å². The minimum atomic E-state index is 0.227. The van der Waals surface area contributed by atoms with Crippen LogP contribution in [0.3, 0.4) is 0 Å². The van der Waals surface area contributed by atoms with Crippen molar-refractivity contribution in [3.8, 4) is 0 Å². The molecule has 84 valence electrons. The summed E-state index contributed by atoms with van der Waals surface area (Å²) in [5, 5.41) is 0. The van der Waals surface area contributed by atoms with Crippen LogP contribution in [0.15, 0.2) is 12.4 Å². The molecule has 1 aromatic rings. The van der Waals surface area contributed by atoms with Gasteiger partial charge in [-0.3, -0.25) is 0 Å². The molecule has 0 bridgehead atoms. The van der Waals surface area contributed by atoms with Crippen molar-refractivity contribution in [1.82, 2.24) is 9.97 Å². The average Bonchev–Trinajstić information content (AvgIpc) is 2.18. The second-order valence-corrected chi connectivity index (χ2v) is 4.34. The first-order valence-corrected chi connectivity index (χ1v) is 5.69. The SMILES string of the molecule is CCCC(N)Cc1cc(C(C)C)ncn1. The van der Waals surface area contributed by atoms with Gasteiger partial charge in [0.05, 0.1) is 0 Å². The van der Waals surface area contributed by atoms with Crippen LogP contribution in [-0.4, -0.2) is 16.0 Å². The maximum absolute atomic E-state index is 5.98. The van der Waals surface area contributed by atoms with E-state index in [1.54, 1.807) is 6.33 Å². The van der Waals surface area contributed by atoms with E-state index in [1.165, 1.54) is 0 Å². The summed E-state index contributed by atoms with van der Waals surface area (Å²) in [6, 6.07) is 2.30. The van der Waals surface area contributed by atoms with E-state index in [4.69, 9.17) is 5.73 Å². The molecule has 1 unspecified atom stereocenters. The van der Waals surface area contributed by atoms with Crippen LogP contribution in [0.2, 0.25) is 0 Å². The van der Waals surface area contributed by atoms with E-state index in [0.717, 1.165) is 30.7 Å². The lowest BCUT2D eigenvalue weighted by molar-refractivity contribution is 0.591. The fraction of sp³-hybridized carbons (Fsp3) is 0.667. The molecule has 0 aliphatic rings. The van der Waals surface area contributed by atoms with E-state index in [9.17, 15) is 0 Å². The Morgan fingerprint density at radius 2 is 2.07 bits per heavy atom. The Hall–Kier alpha value is -0.960. The zero-order valence-electron chi connectivity index (χ0n) is 9.90. The van der Waals surface area contributed by atoms with E-state index >= 15 is 0 Å². The van der Waals surface area contributed by atoms with Gasteiger partial charge in [0.25, 0.3) is 0 Å². The summed E-state index contributed by atoms with van der Waals surface area (Å²) in [5.41, 5.74) is 8.15. The van der Waals surface area contributed by atoms with Crippen LogP contribution in [0.25, 0.3) is 0 Å². The average molecular weight is 207 g/mol. The van der Waals surface area contributed by atoms with Crippen LogP contribution in [-0.2, 0) is 6.42 Å². The van der Waals surface area contributed by atoms with Crippen molar-refractivity contribution < 1.29 is 0 Å². The second-order valence-electron chi connectivity index (χ2n) is 4.34. The van der Waals surface area contributed by atoms with Gasteiger partial charge in [-0.1, -0.05) is 27.2 Å². The minimum absolute atomic E-state index is 0.227. The Bertz CT molecular complexity index is 297. The third kappa shape index (κ3) is 3.96. The van der Waals surface area contributed by atoms with Gasteiger partial charge in [0, 0.05) is 23.9 Å². The molecule has 1 rings (SSSR count). The third-order valence-corrected chi connectivity index (χ3v) is 2.47. The molecule has 1 atom stereocenters. The lowest BCUT2D eigenvalue weighted by atomic mass is 10.0. The standard InChI is InChI=1S/C12H21N3/c1-4-5-10(13)6-11-7-12(9(2)3)15-8-14-11/h7-10H,4-6,13H2,1-3H3. The molecule has 0 saturated carbocycles. The fourth-order valence-corrected chi connectivity index (χ4v) is 1.58. The number of rotatable bonds is 5. The van der Waals surface area contributed by atoms with Crippen molar-refractivity contribution in [2.24, 2.45) is 5.73 Å². The van der Waals surface area contributed by atoms with Crippen LogP contribution in [0.1, 0.15) is 50.9 Å². The molecule has 0 spiro atoms. The Morgan fingerprint density at radius 3 is 2.67 bits per heavy atom. The van der Waals surface area contributed by atoms with Crippen molar-refractivity contribution in [3.05, 3.63) is 23.8 Å². The highest BCUT2D eigenvalue weighted by atomic mass is 14.8. The Labute approximate surface area is 92.1 Å². The number of nitrogens with zero attached hydrogens (tertiary/aromatic N) is 2. The van der Waals surface area contributed by atoms with Gasteiger partial charge in [0.15, 0.2) is 0 Å². The monoisotopic (exact) mass is 207 g/mol. The number of hydrogen-bond donors (Lipinski definition) is 1. The molecule has 2 N–H and O–H groups in total. The van der Waals surface area contributed by atoms with Gasteiger partial charge in [0.1, 0.15) is 6.33 Å². The summed E-state index contributed by atoms with van der Waals surface area (Å²) in [5.74, 6) is 0.453. The minimum Gasteiger partial charge on any atom is -0.327 e. The molecule has 1 heterocycles. The summed E-state index contributed by atoms with van der Waals surface area (Å²) in [4.78, 5) is 8.49. The van der Waals surface area contributed by atoms with Gasteiger partial charge >= 0.3 is 0 Å². The van der Waals surface area contributed by atoms with Gasteiger partial charge < -0.3 is 5.73 Å². The van der Waals surface area contributed by atoms with Crippen molar-refractivity contribution in [2.45, 2.75) is 52.0 Å². The van der Waals surface area contributed by atoms with E-state index in [-0.39, 0.29) is 6.04 Å². The predicted molar refractivity (Wildman–Crippen MR) is 62.7 cm³/mol. The second kappa shape index (κ2) is 5.81. The van der Waals surface area contributed by atoms with Crippen LogP contribution in [0, 0.1) is 0 Å². The molecule has 0 fully saturated rings. The van der Waals surface area contributed by atoms with Crippen LogP contribution in [0.4, 0.5) is 0 Å². The first-order valence-electron chi connectivity index (χ1n) is 5.69. The normalized spacial score (nSPS) is 13.1. The molecule has 0 aromatic carbocycles. The van der Waals surface area contributed by atoms with E-state index in [1.807, 2.05) is 0 Å². The summed E-state index contributed by atoms with van der Waals surface area (Å²) in [7, 11) is 0. The lowest BCUT2D eigenvalue weighted by Crippen LogP contribution is -2.23. The van der Waals surface area contributed by atoms with Crippen molar-refractivity contribution in [1.29, 1.82) is 0 Å². The first kappa shape index (κ1) is 12.1. The molecular weight excluding hydrogens is 186 g/mol. The van der Waals surface area contributed by atoms with Crippen molar-refractivity contribution in [2.75, 3.05) is 0 Å². The smallest absolute Gasteiger partial charge is 0.115 e. The van der Waals surface area contributed by atoms with Gasteiger partial charge in [-0.2, -0.15) is 0 Å². The number of aromatic nitrogens is 2. The maximum atomic E-state index is 5.98. The highest BCUT2D eigenvalue weighted by molar-refractivity contribution is 5.12. The lowest BCUT2D eigenvalue weighted by Gasteiger charge is -2.10. The molecule has 15 heavy (non-hydrogen) atoms. The molecule has 0 aliphatic carbocycles. The Morgan fingerprint density at radius 1 is 1.33 bits per heavy atom. The van der Waals surface area contributed by atoms with Crippen LogP contribution >= 0.6 is 0 Å². The van der Waals surface area contributed by atoms with Gasteiger partial charge in [-0.05, 0) is 18.4 Å². The number of nitrogens with two attached hydrogens (primary N) is 1. The highest BCUT2D eigenvalue weighted by Gasteiger charge is 2.07. The quantitative estimate of drug-likeness (QED) is 0.805. The Balaban J connectivity index is 2.65. The van der Waals surface area contributed by atoms with Gasteiger partial charge in [0.2, 0.25) is 0 Å². The molecule has 0 aliphatic heterocycles. The fourth-order valence-electron chi connectivity index (χ4n) is 1.58. The maximum Gasteiger partial charge on any atom is 0.115 e. The molecule has 0 saturated heterocycles. The van der Waals surface area contributed by atoms with Gasteiger partial charge in [-0.15, -0.1) is 0 Å². The molecule has 0 amide bonds. The largest absolute Gasteiger partial charge is 0.327 e. The summed E-state index contributed by atoms with van der Waals surface area (Å²) in [6.45, 7) is 6.43. The first-order chi connectivity index (χ1) is 7.13. The Kier molecular flexibility index (Phi) is 4.69. The highest BCUT2D eigenvalue weighted by Crippen LogP contribution is 2.12. The summed E-state index contributed by atoms with van der Waals surface area (Å²) >= 11 is 0. The van der Waals surface area contributed by atoms with Crippen LogP contribution < -0.4 is 5.73 Å². The predicted octanol–water partition coefficient (Wildman–Crippen LogP) is 2.27. The molecule has 3 heteroatoms. The molecule has 3 nitrogen and oxygen atoms in total. The topological polar surface area (TPSA) is 51.8 Å². The summed E-state index contributed by atoms with van der Waals surface area (Å²) < 4.78 is 0. The molecular formula is C12H21N3.